The van der Waals surface area contributed by atoms with Gasteiger partial charge in [0, 0.05) is 18.2 Å². The number of halogens is 1. The Morgan fingerprint density at radius 2 is 1.86 bits per heavy atom. The van der Waals surface area contributed by atoms with E-state index in [1.54, 1.807) is 48.2 Å². The molecule has 0 aromatic heterocycles. The Morgan fingerprint density at radius 1 is 1.10 bits per heavy atom. The molecule has 1 unspecified atom stereocenters. The third-order valence-electron chi connectivity index (χ3n) is 4.06. The SMILES string of the molecule is CSCCC(NC(=O)c1cccc(C)c1)C(=O)Nc1ccc(NC(C)=O)c(Cl)c1. The molecular formula is C21H24ClN3O3S. The molecule has 0 saturated carbocycles. The first-order chi connectivity index (χ1) is 13.8. The highest BCUT2D eigenvalue weighted by Crippen LogP contribution is 2.25. The molecule has 0 saturated heterocycles. The van der Waals surface area contributed by atoms with Crippen LogP contribution in [-0.4, -0.2) is 35.8 Å². The van der Waals surface area contributed by atoms with E-state index in [0.29, 0.717) is 34.1 Å². The van der Waals surface area contributed by atoms with Gasteiger partial charge in [0.25, 0.3) is 5.91 Å². The van der Waals surface area contributed by atoms with Crippen LogP contribution in [0.3, 0.4) is 0 Å². The average molecular weight is 434 g/mol. The minimum atomic E-state index is -0.691. The lowest BCUT2D eigenvalue weighted by atomic mass is 10.1. The average Bonchev–Trinajstić information content (AvgIpc) is 2.66. The smallest absolute Gasteiger partial charge is 0.251 e. The monoisotopic (exact) mass is 433 g/mol. The van der Waals surface area contributed by atoms with Gasteiger partial charge in [-0.3, -0.25) is 14.4 Å². The van der Waals surface area contributed by atoms with Crippen LogP contribution in [0.25, 0.3) is 0 Å². The molecule has 154 valence electrons. The van der Waals surface area contributed by atoms with Gasteiger partial charge in [0.2, 0.25) is 11.8 Å². The Bertz CT molecular complexity index is 904. The van der Waals surface area contributed by atoms with Crippen molar-refractivity contribution in [3.8, 4) is 0 Å². The number of carbonyl (C=O) groups is 3. The highest BCUT2D eigenvalue weighted by Gasteiger charge is 2.21. The lowest BCUT2D eigenvalue weighted by molar-refractivity contribution is -0.118. The van der Waals surface area contributed by atoms with Crippen molar-refractivity contribution < 1.29 is 14.4 Å². The van der Waals surface area contributed by atoms with Crippen LogP contribution >= 0.6 is 23.4 Å². The van der Waals surface area contributed by atoms with Crippen molar-refractivity contribution in [1.82, 2.24) is 5.32 Å². The summed E-state index contributed by atoms with van der Waals surface area (Å²) >= 11 is 7.76. The molecule has 0 heterocycles. The fraction of sp³-hybridized carbons (Fsp3) is 0.286. The molecule has 0 bridgehead atoms. The lowest BCUT2D eigenvalue weighted by Gasteiger charge is -2.19. The van der Waals surface area contributed by atoms with Gasteiger partial charge < -0.3 is 16.0 Å². The maximum atomic E-state index is 12.8. The predicted molar refractivity (Wildman–Crippen MR) is 120 cm³/mol. The Kier molecular flexibility index (Phi) is 8.54. The number of amides is 3. The highest BCUT2D eigenvalue weighted by atomic mass is 35.5. The summed E-state index contributed by atoms with van der Waals surface area (Å²) in [4.78, 5) is 36.5. The Labute approximate surface area is 179 Å². The number of nitrogens with one attached hydrogen (secondary N) is 3. The first-order valence-electron chi connectivity index (χ1n) is 9.04. The number of hydrogen-bond donors (Lipinski definition) is 3. The number of carbonyl (C=O) groups excluding carboxylic acids is 3. The van der Waals surface area contributed by atoms with E-state index in [1.807, 2.05) is 19.2 Å². The molecular weight excluding hydrogens is 410 g/mol. The molecule has 2 aromatic rings. The van der Waals surface area contributed by atoms with Gasteiger partial charge >= 0.3 is 0 Å². The van der Waals surface area contributed by atoms with E-state index in [1.165, 1.54) is 6.92 Å². The van der Waals surface area contributed by atoms with Gasteiger partial charge in [-0.1, -0.05) is 29.3 Å². The molecule has 1 atom stereocenters. The van der Waals surface area contributed by atoms with Crippen LogP contribution in [0.5, 0.6) is 0 Å². The van der Waals surface area contributed by atoms with Crippen LogP contribution in [-0.2, 0) is 9.59 Å². The maximum Gasteiger partial charge on any atom is 0.251 e. The molecule has 0 radical (unpaired) electrons. The number of rotatable bonds is 8. The fourth-order valence-corrected chi connectivity index (χ4v) is 3.34. The summed E-state index contributed by atoms with van der Waals surface area (Å²) in [5, 5.41) is 8.51. The van der Waals surface area contributed by atoms with E-state index in [2.05, 4.69) is 16.0 Å². The quantitative estimate of drug-likeness (QED) is 0.585. The van der Waals surface area contributed by atoms with Gasteiger partial charge in [-0.05, 0) is 55.7 Å². The molecule has 0 aliphatic rings. The van der Waals surface area contributed by atoms with Crippen LogP contribution in [0.1, 0.15) is 29.3 Å². The fourth-order valence-electron chi connectivity index (χ4n) is 2.65. The Hall–Kier alpha value is -2.51. The molecule has 0 aliphatic heterocycles. The van der Waals surface area contributed by atoms with Crippen molar-refractivity contribution in [3.63, 3.8) is 0 Å². The van der Waals surface area contributed by atoms with E-state index < -0.39 is 6.04 Å². The first-order valence-corrected chi connectivity index (χ1v) is 10.8. The van der Waals surface area contributed by atoms with Crippen molar-refractivity contribution >= 4 is 52.5 Å². The maximum absolute atomic E-state index is 12.8. The molecule has 2 aromatic carbocycles. The Morgan fingerprint density at radius 3 is 2.48 bits per heavy atom. The number of thioether (sulfide) groups is 1. The summed E-state index contributed by atoms with van der Waals surface area (Å²) in [5.41, 5.74) is 2.42. The van der Waals surface area contributed by atoms with Crippen LogP contribution in [0.4, 0.5) is 11.4 Å². The molecule has 0 spiro atoms. The van der Waals surface area contributed by atoms with Gasteiger partial charge in [-0.25, -0.2) is 0 Å². The zero-order valence-corrected chi connectivity index (χ0v) is 18.1. The topological polar surface area (TPSA) is 87.3 Å². The van der Waals surface area contributed by atoms with Crippen LogP contribution in [0.15, 0.2) is 42.5 Å². The van der Waals surface area contributed by atoms with Gasteiger partial charge in [-0.15, -0.1) is 0 Å². The molecule has 8 heteroatoms. The Balaban J connectivity index is 2.11. The van der Waals surface area contributed by atoms with E-state index >= 15 is 0 Å². The number of benzene rings is 2. The number of aryl methyl sites for hydroxylation is 1. The second-order valence-electron chi connectivity index (χ2n) is 6.54. The summed E-state index contributed by atoms with van der Waals surface area (Å²) in [7, 11) is 0. The summed E-state index contributed by atoms with van der Waals surface area (Å²) in [6.45, 7) is 3.29. The number of anilines is 2. The third kappa shape index (κ3) is 7.11. The minimum absolute atomic E-state index is 0.236. The van der Waals surface area contributed by atoms with E-state index in [9.17, 15) is 14.4 Å². The van der Waals surface area contributed by atoms with Crippen molar-refractivity contribution in [1.29, 1.82) is 0 Å². The second-order valence-corrected chi connectivity index (χ2v) is 7.93. The summed E-state index contributed by atoms with van der Waals surface area (Å²) < 4.78 is 0. The largest absolute Gasteiger partial charge is 0.340 e. The number of hydrogen-bond acceptors (Lipinski definition) is 4. The first kappa shape index (κ1) is 22.8. The van der Waals surface area contributed by atoms with E-state index in [0.717, 1.165) is 5.56 Å². The van der Waals surface area contributed by atoms with E-state index in [-0.39, 0.29) is 17.7 Å². The van der Waals surface area contributed by atoms with Crippen LogP contribution in [0, 0.1) is 6.92 Å². The van der Waals surface area contributed by atoms with Gasteiger partial charge in [0.05, 0.1) is 10.7 Å². The standard InChI is InChI=1S/C21H24ClN3O3S/c1-13-5-4-6-15(11-13)20(27)25-19(9-10-29-3)21(28)24-16-7-8-18(17(22)12-16)23-14(2)26/h4-8,11-12,19H,9-10H2,1-3H3,(H,23,26)(H,24,28)(H,25,27). The molecule has 0 aliphatic carbocycles. The zero-order valence-electron chi connectivity index (χ0n) is 16.5. The molecule has 29 heavy (non-hydrogen) atoms. The predicted octanol–water partition coefficient (Wildman–Crippen LogP) is 4.10. The molecule has 6 nitrogen and oxygen atoms in total. The summed E-state index contributed by atoms with van der Waals surface area (Å²) in [5.74, 6) is -0.147. The molecule has 2 rings (SSSR count). The lowest BCUT2D eigenvalue weighted by Crippen LogP contribution is -2.44. The molecule has 0 fully saturated rings. The summed E-state index contributed by atoms with van der Waals surface area (Å²) in [6, 6.07) is 11.3. The van der Waals surface area contributed by atoms with Crippen LogP contribution < -0.4 is 16.0 Å². The second kappa shape index (κ2) is 10.9. The van der Waals surface area contributed by atoms with Crippen molar-refractivity contribution in [2.45, 2.75) is 26.3 Å². The van der Waals surface area contributed by atoms with Gasteiger partial charge in [0.15, 0.2) is 0 Å². The highest BCUT2D eigenvalue weighted by molar-refractivity contribution is 7.98. The molecule has 3 amide bonds. The van der Waals surface area contributed by atoms with Crippen molar-refractivity contribution in [3.05, 3.63) is 58.6 Å². The zero-order chi connectivity index (χ0) is 21.4. The van der Waals surface area contributed by atoms with Gasteiger partial charge in [0.1, 0.15) is 6.04 Å². The van der Waals surface area contributed by atoms with Crippen LogP contribution in [0.2, 0.25) is 5.02 Å². The molecule has 3 N–H and O–H groups in total. The van der Waals surface area contributed by atoms with Crippen molar-refractivity contribution in [2.75, 3.05) is 22.6 Å². The third-order valence-corrected chi connectivity index (χ3v) is 5.02. The van der Waals surface area contributed by atoms with Gasteiger partial charge in [-0.2, -0.15) is 11.8 Å². The summed E-state index contributed by atoms with van der Waals surface area (Å²) in [6.07, 6.45) is 2.43. The minimum Gasteiger partial charge on any atom is -0.340 e. The van der Waals surface area contributed by atoms with E-state index in [4.69, 9.17) is 11.6 Å². The normalized spacial score (nSPS) is 11.4. The van der Waals surface area contributed by atoms with Crippen molar-refractivity contribution in [2.24, 2.45) is 0 Å².